The van der Waals surface area contributed by atoms with E-state index in [0.29, 0.717) is 67.1 Å². The van der Waals surface area contributed by atoms with Crippen LogP contribution in [-0.4, -0.2) is 87.9 Å². The number of rotatable bonds is 5. The van der Waals surface area contributed by atoms with Crippen LogP contribution < -0.4 is 15.2 Å². The molecule has 9 nitrogen and oxygen atoms in total. The molecule has 0 atom stereocenters. The average Bonchev–Trinajstić information content (AvgIpc) is 2.60. The minimum absolute atomic E-state index is 0.126. The van der Waals surface area contributed by atoms with Gasteiger partial charge in [0.25, 0.3) is 0 Å². The van der Waals surface area contributed by atoms with Crippen LogP contribution in [0.4, 0.5) is 5.69 Å². The summed E-state index contributed by atoms with van der Waals surface area (Å²) in [6, 6.07) is 10.1. The van der Waals surface area contributed by atoms with Gasteiger partial charge in [-0.1, -0.05) is 0 Å². The fourth-order valence-corrected chi connectivity index (χ4v) is 3.84. The SMILES string of the molecule is CN(C)N=Nc1cc(-c2c(OS(=O)(=O)O)oc3c[c]([Na])ccc3c2=O)cc[c]1[Na]. The molecule has 1 aromatic heterocycles. The van der Waals surface area contributed by atoms with Crippen molar-refractivity contribution in [2.24, 2.45) is 10.3 Å². The molecule has 1 heterocycles. The van der Waals surface area contributed by atoms with Crippen LogP contribution in [0.15, 0.2) is 55.9 Å². The molecule has 0 bridgehead atoms. The third kappa shape index (κ3) is 5.47. The Morgan fingerprint density at radius 1 is 1.14 bits per heavy atom. The molecule has 12 heteroatoms. The van der Waals surface area contributed by atoms with Crippen molar-refractivity contribution in [3.8, 4) is 17.1 Å². The summed E-state index contributed by atoms with van der Waals surface area (Å²) in [5.41, 5.74) is 0.441. The molecule has 0 spiro atoms. The molecule has 3 aromatic rings. The molecule has 29 heavy (non-hydrogen) atoms. The Kier molecular flexibility index (Phi) is 6.86. The quantitative estimate of drug-likeness (QED) is 0.273. The Hall–Kier alpha value is -1.24. The van der Waals surface area contributed by atoms with Gasteiger partial charge in [-0.2, -0.15) is 0 Å². The second kappa shape index (κ2) is 8.86. The summed E-state index contributed by atoms with van der Waals surface area (Å²) in [6.45, 7) is 0. The van der Waals surface area contributed by atoms with Crippen LogP contribution in [0.5, 0.6) is 5.95 Å². The predicted molar refractivity (Wildman–Crippen MR) is 109 cm³/mol. The summed E-state index contributed by atoms with van der Waals surface area (Å²) in [6.07, 6.45) is 0. The van der Waals surface area contributed by atoms with Gasteiger partial charge in [0.2, 0.25) is 0 Å². The topological polar surface area (TPSA) is 122 Å². The molecular weight excluding hydrogens is 420 g/mol. The first kappa shape index (κ1) is 22.4. The van der Waals surface area contributed by atoms with Gasteiger partial charge in [0, 0.05) is 0 Å². The number of benzene rings is 2. The van der Waals surface area contributed by atoms with Crippen molar-refractivity contribution in [1.29, 1.82) is 0 Å². The van der Waals surface area contributed by atoms with E-state index in [-0.39, 0.29) is 16.5 Å². The first-order chi connectivity index (χ1) is 13.5. The van der Waals surface area contributed by atoms with E-state index in [1.54, 1.807) is 50.5 Å². The van der Waals surface area contributed by atoms with Gasteiger partial charge in [-0.25, -0.2) is 0 Å². The third-order valence-corrected chi connectivity index (χ3v) is 5.86. The Morgan fingerprint density at radius 2 is 1.86 bits per heavy atom. The fourth-order valence-electron chi connectivity index (χ4n) is 2.69. The minimum atomic E-state index is -4.91. The summed E-state index contributed by atoms with van der Waals surface area (Å²) in [5.74, 6) is -0.603. The Balaban J connectivity index is 2.31. The Morgan fingerprint density at radius 3 is 2.52 bits per heavy atom. The molecule has 0 amide bonds. The molecule has 0 aliphatic rings. The van der Waals surface area contributed by atoms with Crippen LogP contribution in [0.2, 0.25) is 0 Å². The van der Waals surface area contributed by atoms with Crippen molar-refractivity contribution in [3.63, 3.8) is 0 Å². The van der Waals surface area contributed by atoms with Crippen molar-refractivity contribution < 1.29 is 21.6 Å². The van der Waals surface area contributed by atoms with Crippen molar-refractivity contribution >= 4 is 88.5 Å². The van der Waals surface area contributed by atoms with E-state index in [2.05, 4.69) is 14.5 Å². The summed E-state index contributed by atoms with van der Waals surface area (Å²) >= 11 is 1.39. The van der Waals surface area contributed by atoms with Gasteiger partial charge in [-0.15, -0.1) is 0 Å². The van der Waals surface area contributed by atoms with Crippen LogP contribution in [0.25, 0.3) is 22.1 Å². The molecular formula is C17H13N3Na2O6S. The van der Waals surface area contributed by atoms with Gasteiger partial charge in [0.05, 0.1) is 0 Å². The van der Waals surface area contributed by atoms with Crippen molar-refractivity contribution in [2.45, 2.75) is 0 Å². The van der Waals surface area contributed by atoms with Gasteiger partial charge < -0.3 is 0 Å². The normalized spacial score (nSPS) is 12.0. The number of hydrogen-bond donors (Lipinski definition) is 1. The maximum atomic E-state index is 13.2. The number of hydrogen-bond acceptors (Lipinski definition) is 7. The van der Waals surface area contributed by atoms with Crippen molar-refractivity contribution in [2.75, 3.05) is 14.1 Å². The molecule has 0 aliphatic carbocycles. The van der Waals surface area contributed by atoms with Gasteiger partial charge in [-0.05, 0) is 0 Å². The van der Waals surface area contributed by atoms with E-state index in [1.807, 2.05) is 0 Å². The molecule has 0 saturated heterocycles. The molecule has 0 aliphatic heterocycles. The zero-order valence-corrected chi connectivity index (χ0v) is 21.0. The summed E-state index contributed by atoms with van der Waals surface area (Å²) < 4.78 is 43.9. The van der Waals surface area contributed by atoms with Gasteiger partial charge in [0.1, 0.15) is 0 Å². The number of fused-ring (bicyclic) bond motifs is 1. The van der Waals surface area contributed by atoms with E-state index >= 15 is 0 Å². The second-order valence-electron chi connectivity index (χ2n) is 6.64. The molecule has 3 rings (SSSR count). The zero-order valence-electron chi connectivity index (χ0n) is 16.2. The van der Waals surface area contributed by atoms with Crippen LogP contribution in [0, 0.1) is 0 Å². The van der Waals surface area contributed by atoms with E-state index in [0.717, 1.165) is 5.63 Å². The van der Waals surface area contributed by atoms with Crippen LogP contribution in [0.3, 0.4) is 0 Å². The summed E-state index contributed by atoms with van der Waals surface area (Å²) in [4.78, 5) is 13.2. The van der Waals surface area contributed by atoms with Crippen LogP contribution in [-0.2, 0) is 10.4 Å². The molecule has 2 aromatic carbocycles. The average molecular weight is 433 g/mol. The van der Waals surface area contributed by atoms with E-state index in [9.17, 15) is 13.2 Å². The van der Waals surface area contributed by atoms with E-state index in [4.69, 9.17) is 8.97 Å². The summed E-state index contributed by atoms with van der Waals surface area (Å²) in [5, 5.41) is 9.91. The fraction of sp³-hybridized carbons (Fsp3) is 0.118. The Bertz CT molecular complexity index is 1290. The van der Waals surface area contributed by atoms with E-state index < -0.39 is 21.8 Å². The predicted octanol–water partition coefficient (Wildman–Crippen LogP) is 0.789. The second-order valence-corrected chi connectivity index (χ2v) is 9.90. The third-order valence-electron chi connectivity index (χ3n) is 4.03. The standard InChI is InChI=1S/C17H13N3O6S.2Na/c1-20(2)19-18-12-7-5-6-11(10-12)15-16(21)13-8-3-4-9-14(13)25-17(15)26-27(22,23)24;;/h3,5-6,8-10H,1-2H3,(H,22,23,24);;. The van der Waals surface area contributed by atoms with Gasteiger partial charge in [-0.3, -0.25) is 0 Å². The zero-order chi connectivity index (χ0) is 21.3. The van der Waals surface area contributed by atoms with Gasteiger partial charge >= 0.3 is 203 Å². The first-order valence-electron chi connectivity index (χ1n) is 8.49. The first-order valence-corrected chi connectivity index (χ1v) is 11.9. The monoisotopic (exact) mass is 433 g/mol. The van der Waals surface area contributed by atoms with Crippen molar-refractivity contribution in [3.05, 3.63) is 46.6 Å². The molecule has 0 saturated carbocycles. The Labute approximate surface area is 201 Å². The molecule has 0 radical (unpaired) electrons. The molecule has 0 unspecified atom stereocenters. The maximum absolute atomic E-state index is 13.2. The van der Waals surface area contributed by atoms with E-state index in [1.165, 1.54) is 5.01 Å². The van der Waals surface area contributed by atoms with Crippen LogP contribution in [0.1, 0.15) is 0 Å². The van der Waals surface area contributed by atoms with Crippen molar-refractivity contribution in [1.82, 2.24) is 5.01 Å². The van der Waals surface area contributed by atoms with Gasteiger partial charge in [0.15, 0.2) is 0 Å². The number of nitrogens with zero attached hydrogens (tertiary/aromatic N) is 3. The molecule has 0 fully saturated rings. The summed E-state index contributed by atoms with van der Waals surface area (Å²) in [7, 11) is -1.46. The molecule has 140 valence electrons. The van der Waals surface area contributed by atoms with Crippen LogP contribution >= 0.6 is 0 Å². The molecule has 1 N–H and O–H groups in total.